The molecule has 0 saturated heterocycles. The average Bonchev–Trinajstić information content (AvgIpc) is 2.46. The molecule has 2 saturated carbocycles. The van der Waals surface area contributed by atoms with Crippen LogP contribution in [0, 0.1) is 0 Å². The van der Waals surface area contributed by atoms with Crippen LogP contribution in [0.2, 0.25) is 0 Å². The molecule has 2 rings (SSSR count). The van der Waals surface area contributed by atoms with E-state index in [0.717, 1.165) is 0 Å². The third-order valence-corrected chi connectivity index (χ3v) is 5.16. The van der Waals surface area contributed by atoms with Gasteiger partial charge in [-0.05, 0) is 32.6 Å². The van der Waals surface area contributed by atoms with Crippen LogP contribution in [0.25, 0.3) is 0 Å². The van der Waals surface area contributed by atoms with E-state index in [0.29, 0.717) is 18.6 Å². The minimum Gasteiger partial charge on any atom is -0.368 e. The highest BCUT2D eigenvalue weighted by molar-refractivity contribution is 5.84. The number of rotatable bonds is 5. The summed E-state index contributed by atoms with van der Waals surface area (Å²) in [5.41, 5.74) is 10.7. The molecule has 116 valence electrons. The molecule has 4 heteroatoms. The van der Waals surface area contributed by atoms with Crippen molar-refractivity contribution in [3.05, 3.63) is 0 Å². The molecule has 2 aliphatic rings. The predicted octanol–water partition coefficient (Wildman–Crippen LogP) is 2.16. The van der Waals surface area contributed by atoms with Crippen molar-refractivity contribution in [1.29, 1.82) is 0 Å². The molecule has 0 bridgehead atoms. The zero-order valence-electron chi connectivity index (χ0n) is 12.9. The van der Waals surface area contributed by atoms with Crippen LogP contribution in [0.3, 0.4) is 0 Å². The van der Waals surface area contributed by atoms with Crippen molar-refractivity contribution in [3.63, 3.8) is 0 Å². The topological polar surface area (TPSA) is 72.3 Å². The van der Waals surface area contributed by atoms with Gasteiger partial charge in [0.25, 0.3) is 0 Å². The first-order chi connectivity index (χ1) is 9.50. The molecule has 0 aromatic carbocycles. The van der Waals surface area contributed by atoms with Gasteiger partial charge in [0.15, 0.2) is 0 Å². The van der Waals surface area contributed by atoms with Gasteiger partial charge in [0.05, 0.1) is 0 Å². The molecule has 1 amide bonds. The molecule has 0 aromatic rings. The van der Waals surface area contributed by atoms with Gasteiger partial charge in [-0.15, -0.1) is 0 Å². The number of carbonyl (C=O) groups is 1. The highest BCUT2D eigenvalue weighted by Crippen LogP contribution is 2.31. The van der Waals surface area contributed by atoms with E-state index in [1.807, 2.05) is 0 Å². The number of carbonyl (C=O) groups excluding carboxylic acids is 1. The lowest BCUT2D eigenvalue weighted by atomic mass is 9.87. The van der Waals surface area contributed by atoms with Crippen molar-refractivity contribution in [3.8, 4) is 0 Å². The molecule has 1 atom stereocenters. The van der Waals surface area contributed by atoms with Crippen LogP contribution in [0.5, 0.6) is 0 Å². The molecule has 2 fully saturated rings. The first-order valence-electron chi connectivity index (χ1n) is 8.35. The van der Waals surface area contributed by atoms with Crippen LogP contribution in [0.4, 0.5) is 0 Å². The van der Waals surface area contributed by atoms with Crippen LogP contribution < -0.4 is 11.5 Å². The average molecular weight is 281 g/mol. The van der Waals surface area contributed by atoms with E-state index in [2.05, 4.69) is 4.90 Å². The number of nitrogens with two attached hydrogens (primary N) is 2. The first-order valence-corrected chi connectivity index (χ1v) is 8.35. The summed E-state index contributed by atoms with van der Waals surface area (Å²) in [6.45, 7) is 2.41. The molecule has 2 aliphatic carbocycles. The summed E-state index contributed by atoms with van der Waals surface area (Å²) in [5, 5.41) is 0. The summed E-state index contributed by atoms with van der Waals surface area (Å²) in [5.74, 6) is -0.380. The lowest BCUT2D eigenvalue weighted by molar-refractivity contribution is -0.124. The zero-order chi connectivity index (χ0) is 14.6. The Bertz CT molecular complexity index is 300. The van der Waals surface area contributed by atoms with Crippen molar-refractivity contribution < 1.29 is 4.79 Å². The van der Waals surface area contributed by atoms with Crippen LogP contribution in [0.15, 0.2) is 0 Å². The lowest BCUT2D eigenvalue weighted by Gasteiger charge is -2.44. The van der Waals surface area contributed by atoms with Crippen LogP contribution in [0.1, 0.15) is 71.1 Å². The highest BCUT2D eigenvalue weighted by Gasteiger charge is 2.35. The van der Waals surface area contributed by atoms with Crippen molar-refractivity contribution in [2.75, 3.05) is 6.54 Å². The quantitative estimate of drug-likeness (QED) is 0.811. The van der Waals surface area contributed by atoms with Gasteiger partial charge in [-0.3, -0.25) is 9.69 Å². The van der Waals surface area contributed by atoms with Crippen LogP contribution in [-0.4, -0.2) is 35.0 Å². The van der Waals surface area contributed by atoms with Gasteiger partial charge in [-0.25, -0.2) is 0 Å². The Morgan fingerprint density at radius 2 is 1.40 bits per heavy atom. The van der Waals surface area contributed by atoms with Gasteiger partial charge in [0.1, 0.15) is 5.54 Å². The van der Waals surface area contributed by atoms with E-state index in [9.17, 15) is 4.79 Å². The van der Waals surface area contributed by atoms with Gasteiger partial charge in [0, 0.05) is 18.6 Å². The minimum atomic E-state index is -0.908. The SMILES string of the molecule is CC(N)(CN(C1CCCCC1)C1CCCCC1)C(N)=O. The molecule has 0 aliphatic heterocycles. The third-order valence-electron chi connectivity index (χ3n) is 5.16. The second-order valence-corrected chi connectivity index (χ2v) is 7.04. The second-order valence-electron chi connectivity index (χ2n) is 7.04. The summed E-state index contributed by atoms with van der Waals surface area (Å²) in [7, 11) is 0. The Kier molecular flexibility index (Phi) is 5.44. The molecule has 0 aromatic heterocycles. The van der Waals surface area contributed by atoms with Crippen LogP contribution >= 0.6 is 0 Å². The van der Waals surface area contributed by atoms with E-state index in [-0.39, 0.29) is 5.91 Å². The van der Waals surface area contributed by atoms with Gasteiger partial charge >= 0.3 is 0 Å². The molecule has 0 spiro atoms. The normalized spacial score (nSPS) is 25.6. The smallest absolute Gasteiger partial charge is 0.238 e. The molecule has 0 radical (unpaired) electrons. The molecule has 4 nitrogen and oxygen atoms in total. The van der Waals surface area contributed by atoms with Gasteiger partial charge in [0.2, 0.25) is 5.91 Å². The van der Waals surface area contributed by atoms with Crippen LogP contribution in [-0.2, 0) is 4.79 Å². The highest BCUT2D eigenvalue weighted by atomic mass is 16.1. The number of hydrogen-bond donors (Lipinski definition) is 2. The summed E-state index contributed by atoms with van der Waals surface area (Å²) in [6, 6.07) is 1.21. The maximum Gasteiger partial charge on any atom is 0.238 e. The zero-order valence-corrected chi connectivity index (χ0v) is 12.9. The Morgan fingerprint density at radius 3 is 1.75 bits per heavy atom. The van der Waals surface area contributed by atoms with E-state index >= 15 is 0 Å². The summed E-state index contributed by atoms with van der Waals surface area (Å²) >= 11 is 0. The minimum absolute atomic E-state index is 0.380. The molecular formula is C16H31N3O. The number of hydrogen-bond acceptors (Lipinski definition) is 3. The molecule has 1 unspecified atom stereocenters. The van der Waals surface area contributed by atoms with E-state index in [4.69, 9.17) is 11.5 Å². The monoisotopic (exact) mass is 281 g/mol. The Labute approximate surface area is 123 Å². The molecule has 0 heterocycles. The van der Waals surface area contributed by atoms with Gasteiger partial charge < -0.3 is 11.5 Å². The number of nitrogens with zero attached hydrogens (tertiary/aromatic N) is 1. The van der Waals surface area contributed by atoms with Crippen molar-refractivity contribution in [2.24, 2.45) is 11.5 Å². The predicted molar refractivity (Wildman–Crippen MR) is 82.2 cm³/mol. The Balaban J connectivity index is 2.07. The summed E-state index contributed by atoms with van der Waals surface area (Å²) < 4.78 is 0. The fourth-order valence-corrected chi connectivity index (χ4v) is 3.84. The summed E-state index contributed by atoms with van der Waals surface area (Å²) in [6.07, 6.45) is 13.0. The second kappa shape index (κ2) is 6.90. The largest absolute Gasteiger partial charge is 0.368 e. The van der Waals surface area contributed by atoms with Gasteiger partial charge in [-0.2, -0.15) is 0 Å². The number of primary amides is 1. The fourth-order valence-electron chi connectivity index (χ4n) is 3.84. The van der Waals surface area contributed by atoms with Crippen molar-refractivity contribution >= 4 is 5.91 Å². The van der Waals surface area contributed by atoms with Crippen molar-refractivity contribution in [1.82, 2.24) is 4.90 Å². The fraction of sp³-hybridized carbons (Fsp3) is 0.938. The Morgan fingerprint density at radius 1 is 1.00 bits per heavy atom. The van der Waals surface area contributed by atoms with E-state index in [1.165, 1.54) is 64.2 Å². The molecule has 4 N–H and O–H groups in total. The first kappa shape index (κ1) is 15.8. The molecule has 20 heavy (non-hydrogen) atoms. The van der Waals surface area contributed by atoms with E-state index < -0.39 is 5.54 Å². The molecular weight excluding hydrogens is 250 g/mol. The number of amides is 1. The standard InChI is InChI=1S/C16H31N3O/c1-16(18,15(17)20)12-19(13-8-4-2-5-9-13)14-10-6-3-7-11-14/h13-14H,2-12,18H2,1H3,(H2,17,20). The van der Waals surface area contributed by atoms with E-state index in [1.54, 1.807) is 6.92 Å². The van der Waals surface area contributed by atoms with Crippen molar-refractivity contribution in [2.45, 2.75) is 88.8 Å². The summed E-state index contributed by atoms with van der Waals surface area (Å²) in [4.78, 5) is 14.1. The maximum atomic E-state index is 11.6. The Hall–Kier alpha value is -0.610. The maximum absolute atomic E-state index is 11.6. The lowest BCUT2D eigenvalue weighted by Crippen LogP contribution is -2.60. The van der Waals surface area contributed by atoms with Gasteiger partial charge in [-0.1, -0.05) is 38.5 Å². The third kappa shape index (κ3) is 3.95.